The molecule has 1 aromatic carbocycles. The molecule has 4 nitrogen and oxygen atoms in total. The third-order valence-corrected chi connectivity index (χ3v) is 4.66. The largest absolute Gasteiger partial charge is 0.324 e. The van der Waals surface area contributed by atoms with E-state index >= 15 is 0 Å². The second-order valence-electron chi connectivity index (χ2n) is 6.49. The molecule has 2 aliphatic heterocycles. The summed E-state index contributed by atoms with van der Waals surface area (Å²) in [6.07, 6.45) is 12.8. The number of benzene rings is 1. The van der Waals surface area contributed by atoms with Gasteiger partial charge in [0.05, 0.1) is 19.1 Å². The first-order valence-corrected chi connectivity index (χ1v) is 8.50. The summed E-state index contributed by atoms with van der Waals surface area (Å²) in [4.78, 5) is 4.59. The van der Waals surface area contributed by atoms with Crippen LogP contribution in [0.1, 0.15) is 12.5 Å². The number of hydrogen-bond acceptors (Lipinski definition) is 4. The Morgan fingerprint density at radius 3 is 3.00 bits per heavy atom. The number of hydrogen-bond donors (Lipinski definition) is 1. The first-order chi connectivity index (χ1) is 12.1. The highest BCUT2D eigenvalue weighted by atomic mass is 19.1. The van der Waals surface area contributed by atoms with Gasteiger partial charge in [-0.05, 0) is 43.2 Å². The number of aliphatic imine (C=N–C) groups is 1. The zero-order valence-electron chi connectivity index (χ0n) is 14.4. The topological polar surface area (TPSA) is 30.9 Å². The van der Waals surface area contributed by atoms with E-state index in [-0.39, 0.29) is 11.9 Å². The average molecular weight is 336 g/mol. The molecule has 1 aliphatic carbocycles. The van der Waals surface area contributed by atoms with Crippen molar-refractivity contribution in [1.29, 1.82) is 0 Å². The molecule has 1 atom stereocenters. The normalized spacial score (nSPS) is 21.7. The average Bonchev–Trinajstić information content (AvgIpc) is 3.05. The number of halogens is 1. The molecule has 0 bridgehead atoms. The number of fused-ring (bicyclic) bond motifs is 1. The lowest BCUT2D eigenvalue weighted by atomic mass is 9.96. The monoisotopic (exact) mass is 336 g/mol. The van der Waals surface area contributed by atoms with Gasteiger partial charge in [-0.1, -0.05) is 35.9 Å². The second-order valence-corrected chi connectivity index (χ2v) is 6.49. The highest BCUT2D eigenvalue weighted by Gasteiger charge is 2.30. The Morgan fingerprint density at radius 2 is 2.12 bits per heavy atom. The van der Waals surface area contributed by atoms with Crippen molar-refractivity contribution in [3.05, 3.63) is 77.3 Å². The molecule has 25 heavy (non-hydrogen) atoms. The lowest BCUT2D eigenvalue weighted by Gasteiger charge is -2.41. The number of anilines is 1. The number of allylic oxidation sites excluding steroid dienone is 4. The van der Waals surface area contributed by atoms with E-state index in [0.717, 1.165) is 23.8 Å². The molecule has 1 N–H and O–H groups in total. The summed E-state index contributed by atoms with van der Waals surface area (Å²) in [6, 6.07) is 4.92. The molecule has 128 valence electrons. The smallest absolute Gasteiger partial charge is 0.217 e. The third-order valence-electron chi connectivity index (χ3n) is 4.66. The maximum atomic E-state index is 13.6. The molecule has 1 unspecified atom stereocenters. The van der Waals surface area contributed by atoms with E-state index in [1.165, 1.54) is 23.3 Å². The van der Waals surface area contributed by atoms with E-state index in [1.54, 1.807) is 6.07 Å². The van der Waals surface area contributed by atoms with Crippen LogP contribution >= 0.6 is 0 Å². The molecular formula is C20H21FN4. The van der Waals surface area contributed by atoms with Crippen LogP contribution in [0.4, 0.5) is 10.1 Å². The first kappa shape index (κ1) is 15.7. The maximum Gasteiger partial charge on any atom is 0.217 e. The van der Waals surface area contributed by atoms with E-state index in [4.69, 9.17) is 0 Å². The van der Waals surface area contributed by atoms with Crippen LogP contribution in [-0.2, 0) is 0 Å². The van der Waals surface area contributed by atoms with Gasteiger partial charge in [-0.3, -0.25) is 10.0 Å². The number of hydrazine groups is 1. The van der Waals surface area contributed by atoms with Crippen molar-refractivity contribution in [2.45, 2.75) is 19.9 Å². The molecular weight excluding hydrogens is 315 g/mol. The van der Waals surface area contributed by atoms with Gasteiger partial charge in [0.1, 0.15) is 5.82 Å². The minimum Gasteiger partial charge on any atom is -0.324 e. The van der Waals surface area contributed by atoms with Crippen LogP contribution in [-0.4, -0.2) is 35.1 Å². The van der Waals surface area contributed by atoms with Crippen molar-refractivity contribution in [3.63, 3.8) is 0 Å². The van der Waals surface area contributed by atoms with Crippen LogP contribution < -0.4 is 5.32 Å². The van der Waals surface area contributed by atoms with Crippen LogP contribution in [0.15, 0.2) is 70.9 Å². The lowest BCUT2D eigenvalue weighted by Crippen LogP contribution is -2.50. The van der Waals surface area contributed by atoms with Gasteiger partial charge in [-0.2, -0.15) is 0 Å². The fourth-order valence-electron chi connectivity index (χ4n) is 3.29. The second kappa shape index (κ2) is 6.24. The summed E-state index contributed by atoms with van der Waals surface area (Å²) in [6.45, 7) is 5.57. The first-order valence-electron chi connectivity index (χ1n) is 8.50. The molecule has 0 spiro atoms. The summed E-state index contributed by atoms with van der Waals surface area (Å²) in [5.74, 6) is 0.498. The molecule has 2 heterocycles. The molecule has 5 heteroatoms. The fraction of sp³-hybridized carbons (Fsp3) is 0.250. The molecule has 0 saturated heterocycles. The molecule has 0 aromatic heterocycles. The SMILES string of the molecule is CC1=CC2C(=CC=CN2N2CCN=C2Nc2cc(F)ccc2C)C=C1. The van der Waals surface area contributed by atoms with Crippen molar-refractivity contribution in [2.24, 2.45) is 4.99 Å². The van der Waals surface area contributed by atoms with Crippen molar-refractivity contribution >= 4 is 11.6 Å². The standard InChI is InChI=1S/C20H21FN4/c1-14-5-7-16-4-3-10-24(19(16)12-14)25-11-9-22-20(25)23-18-13-17(21)8-6-15(18)2/h3-8,10,12-13,19H,9,11H2,1-2H3,(H,22,23). The Bertz CT molecular complexity index is 847. The van der Waals surface area contributed by atoms with Gasteiger partial charge in [0, 0.05) is 11.9 Å². The van der Waals surface area contributed by atoms with Crippen LogP contribution in [0.3, 0.4) is 0 Å². The zero-order chi connectivity index (χ0) is 17.4. The maximum absolute atomic E-state index is 13.6. The Balaban J connectivity index is 1.59. The summed E-state index contributed by atoms with van der Waals surface area (Å²) < 4.78 is 13.6. The molecule has 4 rings (SSSR count). The van der Waals surface area contributed by atoms with Crippen LogP contribution in [0, 0.1) is 12.7 Å². The van der Waals surface area contributed by atoms with Crippen molar-refractivity contribution in [1.82, 2.24) is 10.0 Å². The van der Waals surface area contributed by atoms with E-state index in [0.29, 0.717) is 6.54 Å². The minimum absolute atomic E-state index is 0.161. The number of nitrogens with zero attached hydrogens (tertiary/aromatic N) is 3. The van der Waals surface area contributed by atoms with Crippen LogP contribution in [0.25, 0.3) is 0 Å². The molecule has 3 aliphatic rings. The summed E-state index contributed by atoms with van der Waals surface area (Å²) in [7, 11) is 0. The molecule has 0 amide bonds. The third kappa shape index (κ3) is 2.97. The van der Waals surface area contributed by atoms with Crippen LogP contribution in [0.5, 0.6) is 0 Å². The predicted molar refractivity (Wildman–Crippen MR) is 99.5 cm³/mol. The number of guanidine groups is 1. The van der Waals surface area contributed by atoms with E-state index in [2.05, 4.69) is 57.8 Å². The van der Waals surface area contributed by atoms with E-state index in [9.17, 15) is 4.39 Å². The zero-order valence-corrected chi connectivity index (χ0v) is 14.4. The van der Waals surface area contributed by atoms with Gasteiger partial charge in [0.2, 0.25) is 5.96 Å². The van der Waals surface area contributed by atoms with Gasteiger partial charge in [-0.25, -0.2) is 9.38 Å². The molecule has 1 aromatic rings. The van der Waals surface area contributed by atoms with Gasteiger partial charge in [-0.15, -0.1) is 0 Å². The number of rotatable bonds is 2. The Hall–Kier alpha value is -2.82. The van der Waals surface area contributed by atoms with Crippen LogP contribution in [0.2, 0.25) is 0 Å². The Kier molecular flexibility index (Phi) is 3.92. The Morgan fingerprint density at radius 1 is 1.24 bits per heavy atom. The van der Waals surface area contributed by atoms with Crippen molar-refractivity contribution in [2.75, 3.05) is 18.4 Å². The highest BCUT2D eigenvalue weighted by molar-refractivity contribution is 5.95. The van der Waals surface area contributed by atoms with Crippen molar-refractivity contribution in [3.8, 4) is 0 Å². The van der Waals surface area contributed by atoms with Gasteiger partial charge in [0.25, 0.3) is 0 Å². The van der Waals surface area contributed by atoms with Gasteiger partial charge < -0.3 is 5.32 Å². The Labute approximate surface area is 147 Å². The predicted octanol–water partition coefficient (Wildman–Crippen LogP) is 3.77. The fourth-order valence-corrected chi connectivity index (χ4v) is 3.29. The van der Waals surface area contributed by atoms with Crippen molar-refractivity contribution < 1.29 is 4.39 Å². The van der Waals surface area contributed by atoms with Gasteiger partial charge in [0.15, 0.2) is 0 Å². The summed E-state index contributed by atoms with van der Waals surface area (Å²) in [5, 5.41) is 7.62. The highest BCUT2D eigenvalue weighted by Crippen LogP contribution is 2.28. The van der Waals surface area contributed by atoms with Gasteiger partial charge >= 0.3 is 0 Å². The summed E-state index contributed by atoms with van der Waals surface area (Å²) >= 11 is 0. The quantitative estimate of drug-likeness (QED) is 0.892. The lowest BCUT2D eigenvalue weighted by molar-refractivity contribution is 0.0986. The number of nitrogens with one attached hydrogen (secondary N) is 1. The number of aryl methyl sites for hydroxylation is 1. The van der Waals surface area contributed by atoms with E-state index in [1.807, 2.05) is 13.0 Å². The molecule has 0 saturated carbocycles. The summed E-state index contributed by atoms with van der Waals surface area (Å²) in [5.41, 5.74) is 4.23. The molecule has 0 fully saturated rings. The minimum atomic E-state index is -0.252. The van der Waals surface area contributed by atoms with E-state index < -0.39 is 0 Å². The molecule has 0 radical (unpaired) electrons.